The van der Waals surface area contributed by atoms with E-state index in [4.69, 9.17) is 5.11 Å². The van der Waals surface area contributed by atoms with E-state index >= 15 is 0 Å². The fraction of sp³-hybridized carbons (Fsp3) is 0.167. The minimum atomic E-state index is -0.958. The Morgan fingerprint density at radius 2 is 1.78 bits per heavy atom. The Morgan fingerprint density at radius 1 is 1.06 bits per heavy atom. The number of hydrogen-bond donors (Lipinski definition) is 2. The van der Waals surface area contributed by atoms with E-state index < -0.39 is 5.97 Å². The number of likely N-dealkylation sites (N-methyl/N-ethyl adjacent to an activating group) is 1. The SMILES string of the molecule is CC/C(=C(/c1ccc(/C=C/C(=O)O)cc1)c1ccc2[nH]ncc2c1)c1ccc(C2C=NN(C)C2)cc1. The van der Waals surface area contributed by atoms with E-state index in [0.717, 1.165) is 52.2 Å². The van der Waals surface area contributed by atoms with Crippen LogP contribution in [0.3, 0.4) is 0 Å². The van der Waals surface area contributed by atoms with E-state index in [-0.39, 0.29) is 0 Å². The van der Waals surface area contributed by atoms with Crippen molar-refractivity contribution in [2.45, 2.75) is 19.3 Å². The molecule has 1 aromatic heterocycles. The maximum atomic E-state index is 10.9. The second kappa shape index (κ2) is 10.0. The van der Waals surface area contributed by atoms with Crippen molar-refractivity contribution < 1.29 is 9.90 Å². The van der Waals surface area contributed by atoms with Crippen LogP contribution in [0.25, 0.3) is 28.1 Å². The maximum absolute atomic E-state index is 10.9. The number of nitrogens with zero attached hydrogens (tertiary/aromatic N) is 3. The van der Waals surface area contributed by atoms with Crippen LogP contribution < -0.4 is 0 Å². The molecule has 36 heavy (non-hydrogen) atoms. The fourth-order valence-corrected chi connectivity index (χ4v) is 4.76. The molecular formula is C30H28N4O2. The minimum Gasteiger partial charge on any atom is -0.478 e. The van der Waals surface area contributed by atoms with Crippen molar-refractivity contribution in [3.63, 3.8) is 0 Å². The summed E-state index contributed by atoms with van der Waals surface area (Å²) in [5, 5.41) is 23.6. The topological polar surface area (TPSA) is 81.6 Å². The van der Waals surface area contributed by atoms with Crippen LogP contribution in [0.1, 0.15) is 47.1 Å². The Bertz CT molecular complexity index is 1480. The van der Waals surface area contributed by atoms with Crippen molar-refractivity contribution in [1.82, 2.24) is 15.2 Å². The molecule has 1 aliphatic heterocycles. The first-order valence-electron chi connectivity index (χ1n) is 12.1. The number of aromatic amines is 1. The van der Waals surface area contributed by atoms with Crippen molar-refractivity contribution in [3.8, 4) is 0 Å². The zero-order chi connectivity index (χ0) is 25.1. The summed E-state index contributed by atoms with van der Waals surface area (Å²) in [5.74, 6) is -0.646. The van der Waals surface area contributed by atoms with E-state index in [9.17, 15) is 4.79 Å². The first kappa shape index (κ1) is 23.3. The van der Waals surface area contributed by atoms with Gasteiger partial charge >= 0.3 is 5.97 Å². The molecule has 180 valence electrons. The molecule has 0 fully saturated rings. The van der Waals surface area contributed by atoms with E-state index in [1.54, 1.807) is 6.08 Å². The Kier molecular flexibility index (Phi) is 6.50. The van der Waals surface area contributed by atoms with Gasteiger partial charge in [-0.3, -0.25) is 10.1 Å². The number of aromatic nitrogens is 2. The first-order valence-corrected chi connectivity index (χ1v) is 12.1. The van der Waals surface area contributed by atoms with Gasteiger partial charge in [0.1, 0.15) is 0 Å². The molecule has 2 N–H and O–H groups in total. The lowest BCUT2D eigenvalue weighted by atomic mass is 9.87. The predicted molar refractivity (Wildman–Crippen MR) is 146 cm³/mol. The second-order valence-electron chi connectivity index (χ2n) is 9.01. The van der Waals surface area contributed by atoms with Gasteiger partial charge in [0.2, 0.25) is 0 Å². The molecular weight excluding hydrogens is 448 g/mol. The van der Waals surface area contributed by atoms with Gasteiger partial charge in [-0.1, -0.05) is 61.5 Å². The largest absolute Gasteiger partial charge is 0.478 e. The van der Waals surface area contributed by atoms with Crippen LogP contribution in [0.5, 0.6) is 0 Å². The summed E-state index contributed by atoms with van der Waals surface area (Å²) in [6.07, 6.45) is 7.47. The summed E-state index contributed by atoms with van der Waals surface area (Å²) in [6.45, 7) is 3.08. The van der Waals surface area contributed by atoms with Gasteiger partial charge in [0.25, 0.3) is 0 Å². The third-order valence-electron chi connectivity index (χ3n) is 6.59. The van der Waals surface area contributed by atoms with Crippen LogP contribution in [0.4, 0.5) is 0 Å². The summed E-state index contributed by atoms with van der Waals surface area (Å²) in [4.78, 5) is 10.9. The van der Waals surface area contributed by atoms with Gasteiger partial charge < -0.3 is 5.11 Å². The Morgan fingerprint density at radius 3 is 2.44 bits per heavy atom. The van der Waals surface area contributed by atoms with E-state index in [2.05, 4.69) is 76.8 Å². The van der Waals surface area contributed by atoms with Crippen molar-refractivity contribution in [1.29, 1.82) is 0 Å². The summed E-state index contributed by atoms with van der Waals surface area (Å²) in [6, 6.07) is 23.2. The molecule has 1 unspecified atom stereocenters. The maximum Gasteiger partial charge on any atom is 0.328 e. The number of aliphatic carboxylic acids is 1. The third kappa shape index (κ3) is 4.84. The number of nitrogens with one attached hydrogen (secondary N) is 1. The fourth-order valence-electron chi connectivity index (χ4n) is 4.76. The molecule has 0 aliphatic carbocycles. The molecule has 2 heterocycles. The normalized spacial score (nSPS) is 16.2. The molecule has 0 radical (unpaired) electrons. The van der Waals surface area contributed by atoms with Crippen LogP contribution in [0.2, 0.25) is 0 Å². The first-order chi connectivity index (χ1) is 17.5. The van der Waals surface area contributed by atoms with Crippen molar-refractivity contribution in [2.75, 3.05) is 13.6 Å². The van der Waals surface area contributed by atoms with Gasteiger partial charge in [-0.15, -0.1) is 0 Å². The molecule has 0 bridgehead atoms. The molecule has 5 rings (SSSR count). The summed E-state index contributed by atoms with van der Waals surface area (Å²) < 4.78 is 0. The highest BCUT2D eigenvalue weighted by Gasteiger charge is 2.18. The third-order valence-corrected chi connectivity index (χ3v) is 6.59. The molecule has 0 saturated heterocycles. The zero-order valence-electron chi connectivity index (χ0n) is 20.3. The highest BCUT2D eigenvalue weighted by atomic mass is 16.4. The smallest absolute Gasteiger partial charge is 0.328 e. The van der Waals surface area contributed by atoms with Gasteiger partial charge in [-0.2, -0.15) is 10.2 Å². The number of carboxylic acid groups (broad SMARTS) is 1. The number of H-pyrrole nitrogens is 1. The van der Waals surface area contributed by atoms with E-state index in [1.165, 1.54) is 16.7 Å². The van der Waals surface area contributed by atoms with Gasteiger partial charge in [-0.05, 0) is 63.6 Å². The molecule has 6 nitrogen and oxygen atoms in total. The predicted octanol–water partition coefficient (Wildman–Crippen LogP) is 6.04. The van der Waals surface area contributed by atoms with Gasteiger partial charge in [0.05, 0.1) is 11.7 Å². The van der Waals surface area contributed by atoms with E-state index in [1.807, 2.05) is 36.6 Å². The molecule has 0 saturated carbocycles. The quantitative estimate of drug-likeness (QED) is 0.251. The molecule has 1 atom stereocenters. The average Bonchev–Trinajstić information content (AvgIpc) is 3.55. The Labute approximate surface area is 210 Å². The van der Waals surface area contributed by atoms with Crippen molar-refractivity contribution in [2.24, 2.45) is 5.10 Å². The minimum absolute atomic E-state index is 0.312. The Hall–Kier alpha value is -4.45. The molecule has 0 amide bonds. The van der Waals surface area contributed by atoms with Gasteiger partial charge in [0, 0.05) is 37.2 Å². The van der Waals surface area contributed by atoms with E-state index in [0.29, 0.717) is 5.92 Å². The number of fused-ring (bicyclic) bond motifs is 1. The highest BCUT2D eigenvalue weighted by Crippen LogP contribution is 2.36. The lowest BCUT2D eigenvalue weighted by Crippen LogP contribution is -2.11. The molecule has 3 aromatic carbocycles. The molecule has 4 aromatic rings. The monoisotopic (exact) mass is 476 g/mol. The number of carbonyl (C=O) groups is 1. The number of carboxylic acids is 1. The van der Waals surface area contributed by atoms with Crippen molar-refractivity contribution in [3.05, 3.63) is 107 Å². The summed E-state index contributed by atoms with van der Waals surface area (Å²) in [5.41, 5.74) is 8.88. The number of hydrogen-bond acceptors (Lipinski definition) is 4. The molecule has 1 aliphatic rings. The highest BCUT2D eigenvalue weighted by molar-refractivity contribution is 6.00. The lowest BCUT2D eigenvalue weighted by Gasteiger charge is -2.18. The van der Waals surface area contributed by atoms with Crippen LogP contribution in [-0.4, -0.2) is 46.1 Å². The van der Waals surface area contributed by atoms with Gasteiger partial charge in [0.15, 0.2) is 0 Å². The average molecular weight is 477 g/mol. The number of rotatable bonds is 7. The summed E-state index contributed by atoms with van der Waals surface area (Å²) >= 11 is 0. The zero-order valence-corrected chi connectivity index (χ0v) is 20.3. The number of allylic oxidation sites excluding steroid dienone is 1. The Balaban J connectivity index is 1.60. The number of hydrazone groups is 1. The van der Waals surface area contributed by atoms with Gasteiger partial charge in [-0.25, -0.2) is 4.79 Å². The second-order valence-corrected chi connectivity index (χ2v) is 9.01. The van der Waals surface area contributed by atoms with Crippen LogP contribution in [-0.2, 0) is 4.79 Å². The standard InChI is InChI=1S/C30H28N4O2/c1-3-27(22-11-9-21(10-12-22)26-18-32-34(2)19-26)30(24-13-14-28-25(16-24)17-31-33-28)23-7-4-20(5-8-23)6-15-29(35)36/h4-18,26H,3,19H2,1-2H3,(H,31,33)(H,35,36)/b15-6+,30-27+. The number of benzene rings is 3. The van der Waals surface area contributed by atoms with Crippen LogP contribution in [0, 0.1) is 0 Å². The molecule has 0 spiro atoms. The van der Waals surface area contributed by atoms with Crippen LogP contribution in [0.15, 0.2) is 84.1 Å². The van der Waals surface area contributed by atoms with Crippen LogP contribution >= 0.6 is 0 Å². The van der Waals surface area contributed by atoms with Crippen molar-refractivity contribution >= 4 is 40.3 Å². The lowest BCUT2D eigenvalue weighted by molar-refractivity contribution is -0.131. The molecule has 6 heteroatoms. The summed E-state index contributed by atoms with van der Waals surface area (Å²) in [7, 11) is 1.99.